The van der Waals surface area contributed by atoms with E-state index in [0.717, 1.165) is 5.52 Å². The molecule has 5 nitrogen and oxygen atoms in total. The first-order chi connectivity index (χ1) is 10.7. The van der Waals surface area contributed by atoms with Crippen molar-refractivity contribution in [3.63, 3.8) is 0 Å². The van der Waals surface area contributed by atoms with Gasteiger partial charge in [-0.3, -0.25) is 14.8 Å². The number of ether oxygens (including phenoxy) is 1. The molecule has 3 rings (SSSR count). The highest BCUT2D eigenvalue weighted by Gasteiger charge is 2.05. The highest BCUT2D eigenvalue weighted by molar-refractivity contribution is 5.93. The fraction of sp³-hybridized carbons (Fsp3) is 0.0625. The van der Waals surface area contributed by atoms with Crippen LogP contribution in [0.25, 0.3) is 11.0 Å². The normalized spacial score (nSPS) is 10.4. The quantitative estimate of drug-likeness (QED) is 0.804. The zero-order valence-electron chi connectivity index (χ0n) is 11.5. The van der Waals surface area contributed by atoms with Gasteiger partial charge in [-0.05, 0) is 42.5 Å². The van der Waals surface area contributed by atoms with Gasteiger partial charge in [-0.25, -0.2) is 4.39 Å². The summed E-state index contributed by atoms with van der Waals surface area (Å²) in [6.07, 6.45) is 3.20. The smallest absolute Gasteiger partial charge is 0.262 e. The van der Waals surface area contributed by atoms with Crippen molar-refractivity contribution in [2.45, 2.75) is 0 Å². The lowest BCUT2D eigenvalue weighted by Gasteiger charge is -2.08. The number of nitrogens with one attached hydrogen (secondary N) is 1. The summed E-state index contributed by atoms with van der Waals surface area (Å²) in [5.41, 5.74) is 2.06. The summed E-state index contributed by atoms with van der Waals surface area (Å²) in [4.78, 5) is 20.2. The molecule has 0 atom stereocenters. The van der Waals surface area contributed by atoms with Crippen LogP contribution in [0.2, 0.25) is 0 Å². The third-order valence-corrected chi connectivity index (χ3v) is 2.94. The molecule has 0 saturated carbocycles. The number of hydrogen-bond donors (Lipinski definition) is 1. The highest BCUT2D eigenvalue weighted by atomic mass is 19.1. The zero-order chi connectivity index (χ0) is 15.4. The van der Waals surface area contributed by atoms with Crippen LogP contribution in [-0.4, -0.2) is 22.5 Å². The number of halogens is 1. The molecule has 0 bridgehead atoms. The second kappa shape index (κ2) is 6.17. The fourth-order valence-electron chi connectivity index (χ4n) is 1.92. The number of rotatable bonds is 4. The Balaban J connectivity index is 1.61. The minimum absolute atomic E-state index is 0.163. The van der Waals surface area contributed by atoms with Gasteiger partial charge < -0.3 is 10.1 Å². The molecule has 0 fully saturated rings. The molecule has 0 aliphatic heterocycles. The summed E-state index contributed by atoms with van der Waals surface area (Å²) < 4.78 is 18.0. The Morgan fingerprint density at radius 3 is 2.55 bits per heavy atom. The van der Waals surface area contributed by atoms with E-state index < -0.39 is 0 Å². The molecule has 0 aliphatic rings. The van der Waals surface area contributed by atoms with Crippen LogP contribution in [0.5, 0.6) is 5.75 Å². The summed E-state index contributed by atoms with van der Waals surface area (Å²) in [6, 6.07) is 10.7. The second-order valence-corrected chi connectivity index (χ2v) is 4.55. The predicted molar refractivity (Wildman–Crippen MR) is 80.1 cm³/mol. The third-order valence-electron chi connectivity index (χ3n) is 2.94. The minimum Gasteiger partial charge on any atom is -0.484 e. The van der Waals surface area contributed by atoms with Gasteiger partial charge in [0.05, 0.1) is 11.0 Å². The number of anilines is 1. The number of carbonyl (C=O) groups is 1. The molecule has 1 heterocycles. The van der Waals surface area contributed by atoms with Gasteiger partial charge in [0, 0.05) is 18.1 Å². The maximum Gasteiger partial charge on any atom is 0.262 e. The van der Waals surface area contributed by atoms with E-state index in [9.17, 15) is 9.18 Å². The van der Waals surface area contributed by atoms with Gasteiger partial charge in [-0.1, -0.05) is 0 Å². The topological polar surface area (TPSA) is 64.1 Å². The molecule has 3 aromatic rings. The monoisotopic (exact) mass is 297 g/mol. The largest absolute Gasteiger partial charge is 0.484 e. The van der Waals surface area contributed by atoms with Gasteiger partial charge >= 0.3 is 0 Å². The van der Waals surface area contributed by atoms with Crippen LogP contribution in [-0.2, 0) is 4.79 Å². The lowest BCUT2D eigenvalue weighted by Crippen LogP contribution is -2.20. The molecule has 1 N–H and O–H groups in total. The number of hydrogen-bond acceptors (Lipinski definition) is 4. The van der Waals surface area contributed by atoms with Crippen molar-refractivity contribution in [3.05, 3.63) is 60.7 Å². The van der Waals surface area contributed by atoms with Gasteiger partial charge in [-0.2, -0.15) is 0 Å². The van der Waals surface area contributed by atoms with Crippen LogP contribution in [0, 0.1) is 5.82 Å². The Hall–Kier alpha value is -3.02. The molecule has 6 heteroatoms. The number of fused-ring (bicyclic) bond motifs is 1. The number of carbonyl (C=O) groups excluding carboxylic acids is 1. The van der Waals surface area contributed by atoms with Crippen LogP contribution in [0.4, 0.5) is 10.1 Å². The standard InChI is InChI=1S/C16H12FN3O2/c17-11-1-4-13(5-2-11)22-10-16(21)20-12-3-6-14-15(9-12)19-8-7-18-14/h1-9H,10H2,(H,20,21). The first kappa shape index (κ1) is 13.9. The van der Waals surface area contributed by atoms with Crippen molar-refractivity contribution in [1.82, 2.24) is 9.97 Å². The first-order valence-electron chi connectivity index (χ1n) is 6.60. The van der Waals surface area contributed by atoms with E-state index in [1.54, 1.807) is 30.6 Å². The summed E-state index contributed by atoms with van der Waals surface area (Å²) in [5, 5.41) is 2.71. The molecular weight excluding hydrogens is 285 g/mol. The van der Waals surface area contributed by atoms with E-state index >= 15 is 0 Å². The number of aromatic nitrogens is 2. The zero-order valence-corrected chi connectivity index (χ0v) is 11.5. The van der Waals surface area contributed by atoms with Crippen LogP contribution < -0.4 is 10.1 Å². The van der Waals surface area contributed by atoms with Crippen molar-refractivity contribution in [2.75, 3.05) is 11.9 Å². The van der Waals surface area contributed by atoms with Crippen molar-refractivity contribution < 1.29 is 13.9 Å². The lowest BCUT2D eigenvalue weighted by molar-refractivity contribution is -0.118. The van der Waals surface area contributed by atoms with Crippen LogP contribution >= 0.6 is 0 Å². The fourth-order valence-corrected chi connectivity index (χ4v) is 1.92. The molecule has 0 saturated heterocycles. The average molecular weight is 297 g/mol. The van der Waals surface area contributed by atoms with Gasteiger partial charge in [0.25, 0.3) is 5.91 Å². The number of nitrogens with zero attached hydrogens (tertiary/aromatic N) is 2. The van der Waals surface area contributed by atoms with Gasteiger partial charge in [0.2, 0.25) is 0 Å². The Morgan fingerprint density at radius 2 is 1.77 bits per heavy atom. The molecule has 0 aliphatic carbocycles. The van der Waals surface area contributed by atoms with Gasteiger partial charge in [0.15, 0.2) is 6.61 Å². The molecule has 1 aromatic heterocycles. The predicted octanol–water partition coefficient (Wildman–Crippen LogP) is 2.79. The van der Waals surface area contributed by atoms with Crippen molar-refractivity contribution in [1.29, 1.82) is 0 Å². The van der Waals surface area contributed by atoms with Crippen LogP contribution in [0.1, 0.15) is 0 Å². The molecular formula is C16H12FN3O2. The van der Waals surface area contributed by atoms with Gasteiger partial charge in [-0.15, -0.1) is 0 Å². The molecule has 2 aromatic carbocycles. The maximum absolute atomic E-state index is 12.8. The second-order valence-electron chi connectivity index (χ2n) is 4.55. The first-order valence-corrected chi connectivity index (χ1v) is 6.60. The third kappa shape index (κ3) is 3.35. The molecule has 22 heavy (non-hydrogen) atoms. The average Bonchev–Trinajstić information content (AvgIpc) is 2.54. The molecule has 110 valence electrons. The Morgan fingerprint density at radius 1 is 1.05 bits per heavy atom. The SMILES string of the molecule is O=C(COc1ccc(F)cc1)Nc1ccc2nccnc2c1. The van der Waals surface area contributed by atoms with E-state index in [0.29, 0.717) is 17.0 Å². The summed E-state index contributed by atoms with van der Waals surface area (Å²) in [6.45, 7) is -0.163. The molecule has 0 radical (unpaired) electrons. The van der Waals surface area contributed by atoms with Crippen molar-refractivity contribution in [2.24, 2.45) is 0 Å². The maximum atomic E-state index is 12.8. The van der Waals surface area contributed by atoms with Crippen molar-refractivity contribution >= 4 is 22.6 Å². The summed E-state index contributed by atoms with van der Waals surface area (Å²) in [5.74, 6) is -0.234. The Kier molecular flexibility index (Phi) is 3.91. The van der Waals surface area contributed by atoms with Crippen molar-refractivity contribution in [3.8, 4) is 5.75 Å². The van der Waals surface area contributed by atoms with E-state index in [-0.39, 0.29) is 18.3 Å². The summed E-state index contributed by atoms with van der Waals surface area (Å²) >= 11 is 0. The summed E-state index contributed by atoms with van der Waals surface area (Å²) in [7, 11) is 0. The highest BCUT2D eigenvalue weighted by Crippen LogP contribution is 2.15. The van der Waals surface area contributed by atoms with Gasteiger partial charge in [0.1, 0.15) is 11.6 Å². The van der Waals surface area contributed by atoms with Crippen LogP contribution in [0.3, 0.4) is 0 Å². The molecule has 0 unspecified atom stereocenters. The Bertz CT molecular complexity index is 806. The van der Waals surface area contributed by atoms with E-state index in [1.807, 2.05) is 0 Å². The van der Waals surface area contributed by atoms with Crippen LogP contribution in [0.15, 0.2) is 54.9 Å². The Labute approximate surface area is 125 Å². The molecule has 0 spiro atoms. The number of amides is 1. The van der Waals surface area contributed by atoms with E-state index in [4.69, 9.17) is 4.74 Å². The van der Waals surface area contributed by atoms with E-state index in [1.165, 1.54) is 24.3 Å². The molecule has 1 amide bonds. The lowest BCUT2D eigenvalue weighted by atomic mass is 10.2. The minimum atomic E-state index is -0.353. The van der Waals surface area contributed by atoms with E-state index in [2.05, 4.69) is 15.3 Å². The number of benzene rings is 2.